The number of hydrogen-bond donors (Lipinski definition) is 1. The molecule has 0 saturated heterocycles. The van der Waals surface area contributed by atoms with E-state index in [-0.39, 0.29) is 11.5 Å². The molecule has 0 radical (unpaired) electrons. The highest BCUT2D eigenvalue weighted by molar-refractivity contribution is 7.89. The number of fused-ring (bicyclic) bond motifs is 1. The number of nitrogens with zero attached hydrogens (tertiary/aromatic N) is 1. The Kier molecular flexibility index (Phi) is 3.85. The highest BCUT2D eigenvalue weighted by atomic mass is 32.2. The topological polar surface area (TPSA) is 98.9 Å². The first-order chi connectivity index (χ1) is 9.58. The summed E-state index contributed by atoms with van der Waals surface area (Å²) in [5, 5.41) is 5.08. The monoisotopic (exact) mass is 314 g/mol. The van der Waals surface area contributed by atoms with Gasteiger partial charge >= 0.3 is 6.09 Å². The third-order valence-electron chi connectivity index (χ3n) is 2.74. The van der Waals surface area contributed by atoms with Crippen LogP contribution in [0.15, 0.2) is 23.1 Å². The van der Waals surface area contributed by atoms with E-state index in [4.69, 9.17) is 14.6 Å². The summed E-state index contributed by atoms with van der Waals surface area (Å²) >= 11 is 0. The van der Waals surface area contributed by atoms with E-state index in [9.17, 15) is 13.2 Å². The predicted molar refractivity (Wildman–Crippen MR) is 76.9 cm³/mol. The number of primary sulfonamides is 1. The first-order valence-corrected chi connectivity index (χ1v) is 7.93. The second kappa shape index (κ2) is 5.19. The van der Waals surface area contributed by atoms with Crippen LogP contribution in [0.5, 0.6) is 5.75 Å². The molecule has 0 fully saturated rings. The SMILES string of the molecule is CC(C)(C)OC(=O)N1CCOc2cc(S(N)(=O)=O)ccc21. The number of carbonyl (C=O) groups is 1. The minimum Gasteiger partial charge on any atom is -0.489 e. The van der Waals surface area contributed by atoms with E-state index in [0.29, 0.717) is 18.0 Å². The number of ether oxygens (including phenoxy) is 2. The summed E-state index contributed by atoms with van der Waals surface area (Å²) in [6.07, 6.45) is -0.504. The lowest BCUT2D eigenvalue weighted by Crippen LogP contribution is -2.41. The Morgan fingerprint density at radius 1 is 1.38 bits per heavy atom. The third kappa shape index (κ3) is 3.64. The van der Waals surface area contributed by atoms with Crippen LogP contribution in [-0.4, -0.2) is 33.3 Å². The van der Waals surface area contributed by atoms with E-state index in [0.717, 1.165) is 0 Å². The molecule has 0 bridgehead atoms. The molecule has 1 aromatic carbocycles. The normalized spacial score (nSPS) is 15.1. The van der Waals surface area contributed by atoms with Crippen molar-refractivity contribution >= 4 is 21.8 Å². The van der Waals surface area contributed by atoms with Crippen LogP contribution in [0, 0.1) is 0 Å². The smallest absolute Gasteiger partial charge is 0.415 e. The van der Waals surface area contributed by atoms with Crippen molar-refractivity contribution in [2.75, 3.05) is 18.1 Å². The van der Waals surface area contributed by atoms with Crippen molar-refractivity contribution in [2.45, 2.75) is 31.3 Å². The molecule has 0 spiro atoms. The number of carbonyl (C=O) groups excluding carboxylic acids is 1. The van der Waals surface area contributed by atoms with E-state index < -0.39 is 21.7 Å². The van der Waals surface area contributed by atoms with E-state index >= 15 is 0 Å². The minimum atomic E-state index is -3.82. The Bertz CT molecular complexity index is 664. The van der Waals surface area contributed by atoms with Crippen LogP contribution < -0.4 is 14.8 Å². The maximum atomic E-state index is 12.2. The number of hydrogen-bond acceptors (Lipinski definition) is 5. The van der Waals surface area contributed by atoms with Gasteiger partial charge in [0.05, 0.1) is 17.1 Å². The number of sulfonamides is 1. The van der Waals surface area contributed by atoms with Gasteiger partial charge in [0.1, 0.15) is 18.0 Å². The summed E-state index contributed by atoms with van der Waals surface area (Å²) in [4.78, 5) is 13.5. The molecule has 0 aromatic heterocycles. The molecule has 0 saturated carbocycles. The number of amides is 1. The fourth-order valence-electron chi connectivity index (χ4n) is 1.88. The molecule has 0 atom stereocenters. The first-order valence-electron chi connectivity index (χ1n) is 6.38. The van der Waals surface area contributed by atoms with E-state index in [1.54, 1.807) is 20.8 Å². The molecule has 8 heteroatoms. The van der Waals surface area contributed by atoms with Crippen LogP contribution in [0.4, 0.5) is 10.5 Å². The van der Waals surface area contributed by atoms with Gasteiger partial charge in [-0.25, -0.2) is 18.4 Å². The molecule has 0 aliphatic carbocycles. The number of anilines is 1. The Hall–Kier alpha value is -1.80. The van der Waals surface area contributed by atoms with E-state index in [2.05, 4.69) is 0 Å². The zero-order valence-corrected chi connectivity index (χ0v) is 12.9. The van der Waals surface area contributed by atoms with Crippen LogP contribution >= 0.6 is 0 Å². The zero-order chi connectivity index (χ0) is 15.8. The Balaban J connectivity index is 2.34. The lowest BCUT2D eigenvalue weighted by molar-refractivity contribution is 0.0567. The van der Waals surface area contributed by atoms with Crippen molar-refractivity contribution in [3.05, 3.63) is 18.2 Å². The van der Waals surface area contributed by atoms with Crippen LogP contribution in [0.3, 0.4) is 0 Å². The number of benzene rings is 1. The van der Waals surface area contributed by atoms with Crippen molar-refractivity contribution in [1.29, 1.82) is 0 Å². The molecular formula is C13H18N2O5S. The molecule has 1 aromatic rings. The van der Waals surface area contributed by atoms with Gasteiger partial charge in [0.15, 0.2) is 0 Å². The predicted octanol–water partition coefficient (Wildman–Crippen LogP) is 1.47. The second-order valence-corrected chi connectivity index (χ2v) is 7.22. The van der Waals surface area contributed by atoms with Crippen molar-refractivity contribution in [3.63, 3.8) is 0 Å². The van der Waals surface area contributed by atoms with Crippen molar-refractivity contribution in [3.8, 4) is 5.75 Å². The van der Waals surface area contributed by atoms with Crippen LogP contribution in [-0.2, 0) is 14.8 Å². The highest BCUT2D eigenvalue weighted by Crippen LogP contribution is 2.34. The standard InChI is InChI=1S/C13H18N2O5S/c1-13(2,3)20-12(16)15-6-7-19-11-8-9(21(14,17)18)4-5-10(11)15/h4-5,8H,6-7H2,1-3H3,(H2,14,17,18). The van der Waals surface area contributed by atoms with Gasteiger partial charge in [0.25, 0.3) is 0 Å². The average Bonchev–Trinajstić information content (AvgIpc) is 2.34. The lowest BCUT2D eigenvalue weighted by Gasteiger charge is -2.31. The van der Waals surface area contributed by atoms with Gasteiger partial charge in [-0.3, -0.25) is 4.90 Å². The van der Waals surface area contributed by atoms with Crippen molar-refractivity contribution in [1.82, 2.24) is 0 Å². The van der Waals surface area contributed by atoms with Gasteiger partial charge in [-0.2, -0.15) is 0 Å². The first kappa shape index (κ1) is 15.6. The van der Waals surface area contributed by atoms with Crippen LogP contribution in [0.2, 0.25) is 0 Å². The molecule has 21 heavy (non-hydrogen) atoms. The average molecular weight is 314 g/mol. The Morgan fingerprint density at radius 2 is 2.05 bits per heavy atom. The molecule has 1 aliphatic heterocycles. The highest BCUT2D eigenvalue weighted by Gasteiger charge is 2.29. The summed E-state index contributed by atoms with van der Waals surface area (Å²) in [5.74, 6) is 0.290. The fourth-order valence-corrected chi connectivity index (χ4v) is 2.41. The summed E-state index contributed by atoms with van der Waals surface area (Å²) in [6, 6.07) is 4.12. The molecule has 116 valence electrons. The van der Waals surface area contributed by atoms with E-state index in [1.165, 1.54) is 23.1 Å². The van der Waals surface area contributed by atoms with Gasteiger partial charge in [0, 0.05) is 6.07 Å². The Labute approximate surface area is 123 Å². The molecular weight excluding hydrogens is 296 g/mol. The quantitative estimate of drug-likeness (QED) is 0.846. The Morgan fingerprint density at radius 3 is 2.62 bits per heavy atom. The maximum Gasteiger partial charge on any atom is 0.415 e. The summed E-state index contributed by atoms with van der Waals surface area (Å²) in [6.45, 7) is 5.90. The van der Waals surface area contributed by atoms with Gasteiger partial charge in [-0.15, -0.1) is 0 Å². The second-order valence-electron chi connectivity index (χ2n) is 5.65. The summed E-state index contributed by atoms with van der Waals surface area (Å²) < 4.78 is 33.4. The largest absolute Gasteiger partial charge is 0.489 e. The van der Waals surface area contributed by atoms with Gasteiger partial charge < -0.3 is 9.47 Å². The van der Waals surface area contributed by atoms with Gasteiger partial charge in [-0.05, 0) is 32.9 Å². The molecule has 7 nitrogen and oxygen atoms in total. The maximum absolute atomic E-state index is 12.2. The molecule has 1 aliphatic rings. The molecule has 1 heterocycles. The third-order valence-corrected chi connectivity index (χ3v) is 3.65. The van der Waals surface area contributed by atoms with Crippen molar-refractivity contribution < 1.29 is 22.7 Å². The van der Waals surface area contributed by atoms with Crippen LogP contribution in [0.25, 0.3) is 0 Å². The number of rotatable bonds is 1. The summed E-state index contributed by atoms with van der Waals surface area (Å²) in [7, 11) is -3.82. The minimum absolute atomic E-state index is 0.0627. The van der Waals surface area contributed by atoms with Crippen LogP contribution in [0.1, 0.15) is 20.8 Å². The lowest BCUT2D eigenvalue weighted by atomic mass is 10.2. The van der Waals surface area contributed by atoms with E-state index in [1.807, 2.05) is 0 Å². The molecule has 0 unspecified atom stereocenters. The molecule has 2 N–H and O–H groups in total. The molecule has 1 amide bonds. The summed E-state index contributed by atoms with van der Waals surface area (Å²) in [5.41, 5.74) is -0.154. The number of nitrogens with two attached hydrogens (primary N) is 1. The van der Waals surface area contributed by atoms with Gasteiger partial charge in [0.2, 0.25) is 10.0 Å². The van der Waals surface area contributed by atoms with Gasteiger partial charge in [-0.1, -0.05) is 0 Å². The molecule has 2 rings (SSSR count). The van der Waals surface area contributed by atoms with Crippen molar-refractivity contribution in [2.24, 2.45) is 5.14 Å². The fraction of sp³-hybridized carbons (Fsp3) is 0.462. The zero-order valence-electron chi connectivity index (χ0n) is 12.1.